The van der Waals surface area contributed by atoms with Gasteiger partial charge in [0, 0.05) is 30.9 Å². The van der Waals surface area contributed by atoms with Gasteiger partial charge in [0.25, 0.3) is 0 Å². The Hall–Kier alpha value is -1.77. The molecule has 0 aliphatic heterocycles. The summed E-state index contributed by atoms with van der Waals surface area (Å²) in [5.74, 6) is 1.05. The van der Waals surface area contributed by atoms with Crippen molar-refractivity contribution >= 4 is 22.3 Å². The average molecular weight is 241 g/mol. The number of aryl methyl sites for hydroxylation is 1. The third-order valence-electron chi connectivity index (χ3n) is 3.46. The van der Waals surface area contributed by atoms with Crippen LogP contribution in [-0.2, 0) is 0 Å². The molecule has 0 saturated heterocycles. The zero-order valence-electron chi connectivity index (χ0n) is 11.2. The van der Waals surface area contributed by atoms with E-state index in [1.807, 2.05) is 20.3 Å². The number of anilines is 2. The summed E-state index contributed by atoms with van der Waals surface area (Å²) in [6.45, 7) is 2.15. The summed E-state index contributed by atoms with van der Waals surface area (Å²) < 4.78 is 0. The number of pyridine rings is 1. The summed E-state index contributed by atoms with van der Waals surface area (Å²) in [5.41, 5.74) is 2.45. The maximum atomic E-state index is 4.61. The van der Waals surface area contributed by atoms with Crippen LogP contribution in [0, 0.1) is 6.92 Å². The van der Waals surface area contributed by atoms with Crippen molar-refractivity contribution in [1.82, 2.24) is 4.98 Å². The van der Waals surface area contributed by atoms with Crippen molar-refractivity contribution in [2.24, 2.45) is 0 Å². The molecule has 1 saturated carbocycles. The van der Waals surface area contributed by atoms with Gasteiger partial charge < -0.3 is 10.2 Å². The lowest BCUT2D eigenvalue weighted by molar-refractivity contribution is 1.07. The molecule has 94 valence electrons. The van der Waals surface area contributed by atoms with Crippen LogP contribution in [0.2, 0.25) is 0 Å². The summed E-state index contributed by atoms with van der Waals surface area (Å²) in [5, 5.41) is 6.11. The third kappa shape index (κ3) is 1.90. The number of nitrogens with one attached hydrogen (secondary N) is 1. The Morgan fingerprint density at radius 3 is 2.72 bits per heavy atom. The lowest BCUT2D eigenvalue weighted by Gasteiger charge is -2.18. The van der Waals surface area contributed by atoms with Gasteiger partial charge in [0.2, 0.25) is 0 Å². The van der Waals surface area contributed by atoms with E-state index >= 15 is 0 Å². The standard InChI is InChI=1S/C15H19N3/c1-10-5-4-6-12-13(17-11-7-8-11)9-16-15(14(10)12)18(2)3/h4-6,9,11,17H,7-8H2,1-3H3. The van der Waals surface area contributed by atoms with Gasteiger partial charge in [-0.2, -0.15) is 0 Å². The zero-order chi connectivity index (χ0) is 12.7. The molecule has 0 spiro atoms. The van der Waals surface area contributed by atoms with Crippen LogP contribution in [-0.4, -0.2) is 25.1 Å². The Bertz CT molecular complexity index is 586. The van der Waals surface area contributed by atoms with Gasteiger partial charge in [0.15, 0.2) is 0 Å². The topological polar surface area (TPSA) is 28.2 Å². The quantitative estimate of drug-likeness (QED) is 0.894. The highest BCUT2D eigenvalue weighted by atomic mass is 15.1. The van der Waals surface area contributed by atoms with Gasteiger partial charge >= 0.3 is 0 Å². The number of fused-ring (bicyclic) bond motifs is 1. The highest BCUT2D eigenvalue weighted by molar-refractivity contribution is 6.02. The highest BCUT2D eigenvalue weighted by Gasteiger charge is 2.22. The van der Waals surface area contributed by atoms with Crippen LogP contribution >= 0.6 is 0 Å². The molecule has 3 nitrogen and oxygen atoms in total. The van der Waals surface area contributed by atoms with Crippen molar-refractivity contribution in [3.05, 3.63) is 30.0 Å². The van der Waals surface area contributed by atoms with Crippen LogP contribution in [0.5, 0.6) is 0 Å². The monoisotopic (exact) mass is 241 g/mol. The van der Waals surface area contributed by atoms with Crippen molar-refractivity contribution in [1.29, 1.82) is 0 Å². The Morgan fingerprint density at radius 1 is 1.28 bits per heavy atom. The van der Waals surface area contributed by atoms with Gasteiger partial charge in [-0.05, 0) is 25.3 Å². The molecule has 1 aromatic carbocycles. The fourth-order valence-corrected chi connectivity index (χ4v) is 2.35. The van der Waals surface area contributed by atoms with E-state index in [0.717, 1.165) is 5.82 Å². The fraction of sp³-hybridized carbons (Fsp3) is 0.400. The van der Waals surface area contributed by atoms with E-state index in [9.17, 15) is 0 Å². The van der Waals surface area contributed by atoms with Gasteiger partial charge in [-0.3, -0.25) is 0 Å². The summed E-state index contributed by atoms with van der Waals surface area (Å²) in [6.07, 6.45) is 4.53. The largest absolute Gasteiger partial charge is 0.381 e. The van der Waals surface area contributed by atoms with Crippen molar-refractivity contribution in [3.63, 3.8) is 0 Å². The number of hydrogen-bond donors (Lipinski definition) is 1. The minimum absolute atomic E-state index is 0.653. The summed E-state index contributed by atoms with van der Waals surface area (Å²) in [4.78, 5) is 6.69. The summed E-state index contributed by atoms with van der Waals surface area (Å²) in [7, 11) is 4.09. The maximum absolute atomic E-state index is 4.61. The molecule has 1 aliphatic carbocycles. The van der Waals surface area contributed by atoms with Crippen LogP contribution in [0.3, 0.4) is 0 Å². The smallest absolute Gasteiger partial charge is 0.136 e. The van der Waals surface area contributed by atoms with Crippen LogP contribution in [0.15, 0.2) is 24.4 Å². The molecule has 0 radical (unpaired) electrons. The van der Waals surface area contributed by atoms with E-state index < -0.39 is 0 Å². The molecule has 1 heterocycles. The van der Waals surface area contributed by atoms with Crippen LogP contribution < -0.4 is 10.2 Å². The van der Waals surface area contributed by atoms with E-state index in [1.165, 1.54) is 34.9 Å². The van der Waals surface area contributed by atoms with Crippen LogP contribution in [0.1, 0.15) is 18.4 Å². The summed E-state index contributed by atoms with van der Waals surface area (Å²) in [6, 6.07) is 7.11. The van der Waals surface area contributed by atoms with Crippen molar-refractivity contribution in [2.45, 2.75) is 25.8 Å². The van der Waals surface area contributed by atoms with Crippen molar-refractivity contribution in [3.8, 4) is 0 Å². The van der Waals surface area contributed by atoms with Gasteiger partial charge in [0.05, 0.1) is 11.9 Å². The van der Waals surface area contributed by atoms with Crippen LogP contribution in [0.4, 0.5) is 11.5 Å². The molecule has 1 aliphatic rings. The normalized spacial score (nSPS) is 14.8. The minimum Gasteiger partial charge on any atom is -0.381 e. The number of rotatable bonds is 3. The number of nitrogens with zero attached hydrogens (tertiary/aromatic N) is 2. The second-order valence-corrected chi connectivity index (χ2v) is 5.31. The average Bonchev–Trinajstić information content (AvgIpc) is 3.14. The molecular weight excluding hydrogens is 222 g/mol. The molecule has 1 fully saturated rings. The predicted molar refractivity (Wildman–Crippen MR) is 77.5 cm³/mol. The third-order valence-corrected chi connectivity index (χ3v) is 3.46. The molecule has 18 heavy (non-hydrogen) atoms. The highest BCUT2D eigenvalue weighted by Crippen LogP contribution is 2.34. The Labute approximate surface area is 108 Å². The van der Waals surface area contributed by atoms with Gasteiger partial charge in [-0.25, -0.2) is 4.98 Å². The molecule has 2 aromatic rings. The van der Waals surface area contributed by atoms with E-state index in [0.29, 0.717) is 6.04 Å². The molecule has 3 rings (SSSR count). The van der Waals surface area contributed by atoms with E-state index in [-0.39, 0.29) is 0 Å². The Kier molecular flexibility index (Phi) is 2.62. The van der Waals surface area contributed by atoms with E-state index in [4.69, 9.17) is 0 Å². The molecular formula is C15H19N3. The second-order valence-electron chi connectivity index (χ2n) is 5.31. The van der Waals surface area contributed by atoms with Crippen LogP contribution in [0.25, 0.3) is 10.8 Å². The Balaban J connectivity index is 2.21. The zero-order valence-corrected chi connectivity index (χ0v) is 11.2. The molecule has 0 bridgehead atoms. The number of hydrogen-bond acceptors (Lipinski definition) is 3. The van der Waals surface area contributed by atoms with Crippen molar-refractivity contribution < 1.29 is 0 Å². The lowest BCUT2D eigenvalue weighted by Crippen LogP contribution is -2.12. The second kappa shape index (κ2) is 4.16. The maximum Gasteiger partial charge on any atom is 0.136 e. The lowest BCUT2D eigenvalue weighted by atomic mass is 10.1. The van der Waals surface area contributed by atoms with Gasteiger partial charge in [-0.1, -0.05) is 18.2 Å². The summed E-state index contributed by atoms with van der Waals surface area (Å²) >= 11 is 0. The minimum atomic E-state index is 0.653. The first kappa shape index (κ1) is 11.3. The number of benzene rings is 1. The van der Waals surface area contributed by atoms with Gasteiger partial charge in [-0.15, -0.1) is 0 Å². The predicted octanol–water partition coefficient (Wildman–Crippen LogP) is 3.18. The molecule has 0 unspecified atom stereocenters. The fourth-order valence-electron chi connectivity index (χ4n) is 2.35. The molecule has 0 atom stereocenters. The molecule has 1 N–H and O–H groups in total. The SMILES string of the molecule is Cc1cccc2c(NC3CC3)cnc(N(C)C)c12. The first-order valence-corrected chi connectivity index (χ1v) is 6.49. The molecule has 3 heteroatoms. The van der Waals surface area contributed by atoms with E-state index in [2.05, 4.69) is 40.3 Å². The first-order valence-electron chi connectivity index (χ1n) is 6.49. The van der Waals surface area contributed by atoms with E-state index in [1.54, 1.807) is 0 Å². The molecule has 0 amide bonds. The molecule has 1 aromatic heterocycles. The van der Waals surface area contributed by atoms with Gasteiger partial charge in [0.1, 0.15) is 5.82 Å². The first-order chi connectivity index (χ1) is 8.66. The van der Waals surface area contributed by atoms with Crippen molar-refractivity contribution in [2.75, 3.05) is 24.3 Å². The number of aromatic nitrogens is 1. The Morgan fingerprint density at radius 2 is 2.06 bits per heavy atom.